The maximum Gasteiger partial charge on any atom is 0.472 e. The molecule has 9 heteroatoms. The van der Waals surface area contributed by atoms with Gasteiger partial charge in [-0.15, -0.1) is 0 Å². The number of allylic oxidation sites excluding steroid dienone is 7. The van der Waals surface area contributed by atoms with Gasteiger partial charge in [0.05, 0.1) is 39.9 Å². The average Bonchev–Trinajstić information content (AvgIpc) is 3.17. The Hall–Kier alpha value is -1.54. The van der Waals surface area contributed by atoms with Crippen molar-refractivity contribution in [2.75, 3.05) is 40.9 Å². The number of unbranched alkanes of at least 4 members (excludes halogenated alkanes) is 24. The number of aliphatic hydroxyl groups is 1. The number of carbonyl (C=O) groups excluding carboxylic acids is 1. The largest absolute Gasteiger partial charge is 0.472 e. The van der Waals surface area contributed by atoms with Gasteiger partial charge in [0.15, 0.2) is 0 Å². The van der Waals surface area contributed by atoms with Crippen molar-refractivity contribution in [3.8, 4) is 0 Å². The number of likely N-dealkylation sites (N-methyl/N-ethyl adjacent to an activating group) is 1. The second-order valence-electron chi connectivity index (χ2n) is 17.5. The molecule has 0 heterocycles. The van der Waals surface area contributed by atoms with Crippen LogP contribution in [0.4, 0.5) is 0 Å². The van der Waals surface area contributed by atoms with Gasteiger partial charge in [-0.25, -0.2) is 4.57 Å². The fourth-order valence-corrected chi connectivity index (χ4v) is 7.40. The molecule has 0 bridgehead atoms. The fraction of sp³-hybridized carbons (Fsp3) is 0.816. The Morgan fingerprint density at radius 3 is 1.45 bits per heavy atom. The number of amides is 1. The first-order valence-corrected chi connectivity index (χ1v) is 25.5. The van der Waals surface area contributed by atoms with Crippen molar-refractivity contribution >= 4 is 13.7 Å². The molecule has 0 rings (SSSR count). The zero-order valence-corrected chi connectivity index (χ0v) is 39.4. The number of quaternary nitrogens is 1. The smallest absolute Gasteiger partial charge is 0.387 e. The second kappa shape index (κ2) is 40.8. The van der Waals surface area contributed by atoms with E-state index in [-0.39, 0.29) is 19.1 Å². The van der Waals surface area contributed by atoms with Gasteiger partial charge in [-0.05, 0) is 64.2 Å². The molecule has 0 saturated heterocycles. The Balaban J connectivity index is 4.30. The molecule has 0 aliphatic carbocycles. The van der Waals surface area contributed by atoms with Gasteiger partial charge in [0.25, 0.3) is 0 Å². The quantitative estimate of drug-likeness (QED) is 0.0244. The van der Waals surface area contributed by atoms with Crippen LogP contribution in [-0.2, 0) is 18.4 Å². The number of phosphoric ester groups is 1. The molecule has 0 aromatic carbocycles. The zero-order valence-electron chi connectivity index (χ0n) is 38.5. The summed E-state index contributed by atoms with van der Waals surface area (Å²) in [6, 6.07) is -0.873. The third-order valence-corrected chi connectivity index (χ3v) is 11.5. The van der Waals surface area contributed by atoms with Gasteiger partial charge in [-0.3, -0.25) is 13.8 Å². The molecule has 8 nitrogen and oxygen atoms in total. The summed E-state index contributed by atoms with van der Waals surface area (Å²) in [5, 5.41) is 13.8. The van der Waals surface area contributed by atoms with E-state index in [1.807, 2.05) is 27.2 Å². The van der Waals surface area contributed by atoms with Crippen LogP contribution in [0.25, 0.3) is 0 Å². The maximum absolute atomic E-state index is 12.8. The van der Waals surface area contributed by atoms with E-state index in [1.165, 1.54) is 116 Å². The highest BCUT2D eigenvalue weighted by Crippen LogP contribution is 2.43. The van der Waals surface area contributed by atoms with Crippen LogP contribution in [0.3, 0.4) is 0 Å². The number of nitrogens with zero attached hydrogens (tertiary/aromatic N) is 1. The van der Waals surface area contributed by atoms with E-state index in [0.717, 1.165) is 70.6 Å². The summed E-state index contributed by atoms with van der Waals surface area (Å²) in [6.07, 6.45) is 52.1. The minimum Gasteiger partial charge on any atom is -0.387 e. The van der Waals surface area contributed by atoms with Crippen LogP contribution >= 0.6 is 7.82 Å². The number of phosphoric acid groups is 1. The molecule has 340 valence electrons. The summed E-state index contributed by atoms with van der Waals surface area (Å²) in [5.74, 6) is -0.204. The third kappa shape index (κ3) is 42.6. The van der Waals surface area contributed by atoms with Crippen molar-refractivity contribution in [2.24, 2.45) is 0 Å². The van der Waals surface area contributed by atoms with Crippen LogP contribution < -0.4 is 5.32 Å². The molecule has 58 heavy (non-hydrogen) atoms. The standard InChI is InChI=1S/C49H93N2O6P/c1-6-8-10-12-14-16-18-19-20-21-22-23-24-25-26-27-28-29-30-31-32-33-34-36-38-40-42-48(52)47(46-57-58(54,55)56-45-44-51(3,4)5)50-49(53)43-41-39-37-35-17-15-13-11-9-7-2/h11,13,29-30,33-34,40,42,47-48,52H,6-10,12,14-28,31-32,35-39,41,43-46H2,1-5H3,(H-,50,53,54,55)/p+1/b13-11-,30-29+,34-33+,42-40+. The number of aliphatic hydroxyl groups excluding tert-OH is 1. The number of rotatable bonds is 43. The fourth-order valence-electron chi connectivity index (χ4n) is 6.66. The van der Waals surface area contributed by atoms with Crippen LogP contribution in [0.2, 0.25) is 0 Å². The lowest BCUT2D eigenvalue weighted by Gasteiger charge is -2.25. The predicted octanol–water partition coefficient (Wildman–Crippen LogP) is 13.6. The molecule has 0 radical (unpaired) electrons. The van der Waals surface area contributed by atoms with E-state index < -0.39 is 20.0 Å². The Morgan fingerprint density at radius 1 is 0.569 bits per heavy atom. The van der Waals surface area contributed by atoms with Crippen molar-refractivity contribution in [1.82, 2.24) is 5.32 Å². The molecule has 0 fully saturated rings. The van der Waals surface area contributed by atoms with Crippen LogP contribution in [0.1, 0.15) is 206 Å². The Kier molecular flexibility index (Phi) is 39.8. The first-order valence-electron chi connectivity index (χ1n) is 24.0. The lowest BCUT2D eigenvalue weighted by molar-refractivity contribution is -0.870. The Labute approximate surface area is 359 Å². The van der Waals surface area contributed by atoms with E-state index in [4.69, 9.17) is 9.05 Å². The number of hydrogen-bond acceptors (Lipinski definition) is 5. The monoisotopic (exact) mass is 838 g/mol. The molecule has 3 N–H and O–H groups in total. The Morgan fingerprint density at radius 2 is 0.983 bits per heavy atom. The van der Waals surface area contributed by atoms with E-state index >= 15 is 0 Å². The highest BCUT2D eigenvalue weighted by atomic mass is 31.2. The SMILES string of the molecule is CCC/C=C\CCCCCCCC(=O)NC(COP(=O)(O)OCC[N+](C)(C)C)C(O)/C=C/CC/C=C/CC/C=C/CCCCCCCCCCCCCCCCCC. The topological polar surface area (TPSA) is 105 Å². The van der Waals surface area contributed by atoms with Crippen LogP contribution in [0.5, 0.6) is 0 Å². The van der Waals surface area contributed by atoms with Crippen molar-refractivity contribution < 1.29 is 32.9 Å². The zero-order chi connectivity index (χ0) is 42.8. The van der Waals surface area contributed by atoms with Crippen molar-refractivity contribution in [2.45, 2.75) is 219 Å². The summed E-state index contributed by atoms with van der Waals surface area (Å²) in [7, 11) is 1.54. The van der Waals surface area contributed by atoms with Crippen molar-refractivity contribution in [3.05, 3.63) is 48.6 Å². The van der Waals surface area contributed by atoms with Crippen molar-refractivity contribution in [1.29, 1.82) is 0 Å². The summed E-state index contributed by atoms with van der Waals surface area (Å²) in [5.41, 5.74) is 0. The molecule has 3 unspecified atom stereocenters. The molecule has 0 aliphatic rings. The molecule has 3 atom stereocenters. The van der Waals surface area contributed by atoms with Gasteiger partial charge < -0.3 is 19.8 Å². The first kappa shape index (κ1) is 56.5. The van der Waals surface area contributed by atoms with Gasteiger partial charge in [0.1, 0.15) is 13.2 Å². The third-order valence-electron chi connectivity index (χ3n) is 10.5. The van der Waals surface area contributed by atoms with Crippen molar-refractivity contribution in [3.63, 3.8) is 0 Å². The molecule has 0 aliphatic heterocycles. The van der Waals surface area contributed by atoms with Gasteiger partial charge >= 0.3 is 7.82 Å². The average molecular weight is 838 g/mol. The van der Waals surface area contributed by atoms with Crippen LogP contribution in [-0.4, -0.2) is 73.4 Å². The van der Waals surface area contributed by atoms with Gasteiger partial charge in [-0.2, -0.15) is 0 Å². The minimum atomic E-state index is -4.35. The number of carbonyl (C=O) groups is 1. The number of nitrogens with one attached hydrogen (secondary N) is 1. The highest BCUT2D eigenvalue weighted by molar-refractivity contribution is 7.47. The summed E-state index contributed by atoms with van der Waals surface area (Å²) in [6.45, 7) is 4.71. The number of hydrogen-bond donors (Lipinski definition) is 3. The molecule has 0 saturated carbocycles. The minimum absolute atomic E-state index is 0.0508. The molecular weight excluding hydrogens is 744 g/mol. The van der Waals surface area contributed by atoms with Gasteiger partial charge in [0, 0.05) is 6.42 Å². The van der Waals surface area contributed by atoms with E-state index in [9.17, 15) is 19.4 Å². The summed E-state index contributed by atoms with van der Waals surface area (Å²) < 4.78 is 23.5. The predicted molar refractivity (Wildman–Crippen MR) is 249 cm³/mol. The first-order chi connectivity index (χ1) is 28.0. The summed E-state index contributed by atoms with van der Waals surface area (Å²) >= 11 is 0. The molecule has 0 spiro atoms. The molecule has 1 amide bonds. The van der Waals surface area contributed by atoms with Crippen LogP contribution in [0.15, 0.2) is 48.6 Å². The lowest BCUT2D eigenvalue weighted by atomic mass is 10.0. The second-order valence-corrected chi connectivity index (χ2v) is 18.9. The molecular formula is C49H94N2O6P+. The normalized spacial score (nSPS) is 14.7. The van der Waals surface area contributed by atoms with Gasteiger partial charge in [0.2, 0.25) is 5.91 Å². The molecule has 0 aromatic heterocycles. The lowest BCUT2D eigenvalue weighted by Crippen LogP contribution is -2.45. The Bertz CT molecular complexity index is 1090. The summed E-state index contributed by atoms with van der Waals surface area (Å²) in [4.78, 5) is 23.0. The maximum atomic E-state index is 12.8. The van der Waals surface area contributed by atoms with E-state index in [2.05, 4.69) is 55.6 Å². The molecule has 0 aromatic rings. The highest BCUT2D eigenvalue weighted by Gasteiger charge is 2.27. The van der Waals surface area contributed by atoms with Crippen LogP contribution in [0, 0.1) is 0 Å². The van der Waals surface area contributed by atoms with Gasteiger partial charge in [-0.1, -0.05) is 184 Å². The van der Waals surface area contributed by atoms with E-state index in [0.29, 0.717) is 17.4 Å². The van der Waals surface area contributed by atoms with E-state index in [1.54, 1.807) is 6.08 Å².